The van der Waals surface area contributed by atoms with Crippen molar-refractivity contribution in [2.75, 3.05) is 0 Å². The lowest BCUT2D eigenvalue weighted by Gasteiger charge is -2.10. The first kappa shape index (κ1) is 11.6. The summed E-state index contributed by atoms with van der Waals surface area (Å²) in [7, 11) is 0. The molecule has 4 heteroatoms. The molecule has 1 aliphatic carbocycles. The number of hydrogen-bond donors (Lipinski definition) is 1. The number of hydrogen-bond acceptors (Lipinski definition) is 3. The van der Waals surface area contributed by atoms with Crippen LogP contribution in [-0.4, -0.2) is 18.0 Å². The number of nitrogens with two attached hydrogens (primary N) is 1. The van der Waals surface area contributed by atoms with E-state index in [1.165, 1.54) is 18.1 Å². The molecule has 0 saturated carbocycles. The molecular formula is C13H15NO3. The molecule has 4 nitrogen and oxygen atoms in total. The predicted molar refractivity (Wildman–Crippen MR) is 62.5 cm³/mol. The van der Waals surface area contributed by atoms with E-state index in [2.05, 4.69) is 0 Å². The summed E-state index contributed by atoms with van der Waals surface area (Å²) >= 11 is 0. The van der Waals surface area contributed by atoms with E-state index < -0.39 is 18.0 Å². The monoisotopic (exact) mass is 233 g/mol. The summed E-state index contributed by atoms with van der Waals surface area (Å²) in [4.78, 5) is 22.5. The molecule has 0 aliphatic heterocycles. The number of aryl methyl sites for hydroxylation is 2. The Balaban J connectivity index is 2.12. The van der Waals surface area contributed by atoms with Crippen molar-refractivity contribution in [3.63, 3.8) is 0 Å². The van der Waals surface area contributed by atoms with E-state index in [4.69, 9.17) is 10.5 Å². The van der Waals surface area contributed by atoms with Crippen LogP contribution in [0.2, 0.25) is 0 Å². The maximum atomic E-state index is 11.7. The molecule has 0 bridgehead atoms. The SMILES string of the molecule is C[C@H](OC(=O)c1ccc2c(c1)CCC2)C(N)=O. The van der Waals surface area contributed by atoms with Crippen LogP contribution >= 0.6 is 0 Å². The highest BCUT2D eigenvalue weighted by Gasteiger charge is 2.18. The van der Waals surface area contributed by atoms with Gasteiger partial charge in [-0.15, -0.1) is 0 Å². The van der Waals surface area contributed by atoms with Crippen molar-refractivity contribution < 1.29 is 14.3 Å². The third-order valence-corrected chi connectivity index (χ3v) is 3.02. The Morgan fingerprint density at radius 3 is 2.71 bits per heavy atom. The normalized spacial score (nSPS) is 15.1. The summed E-state index contributed by atoms with van der Waals surface area (Å²) in [5.74, 6) is -1.13. The van der Waals surface area contributed by atoms with Gasteiger partial charge in [-0.25, -0.2) is 4.79 Å². The first-order valence-corrected chi connectivity index (χ1v) is 5.70. The summed E-state index contributed by atoms with van der Waals surface area (Å²) in [6.07, 6.45) is 2.31. The minimum Gasteiger partial charge on any atom is -0.449 e. The fourth-order valence-corrected chi connectivity index (χ4v) is 1.99. The van der Waals surface area contributed by atoms with Crippen LogP contribution in [0.1, 0.15) is 34.8 Å². The van der Waals surface area contributed by atoms with Gasteiger partial charge in [0, 0.05) is 0 Å². The van der Waals surface area contributed by atoms with E-state index in [1.807, 2.05) is 12.1 Å². The van der Waals surface area contributed by atoms with Crippen LogP contribution < -0.4 is 5.73 Å². The van der Waals surface area contributed by atoms with Crippen LogP contribution in [0.4, 0.5) is 0 Å². The van der Waals surface area contributed by atoms with E-state index in [9.17, 15) is 9.59 Å². The van der Waals surface area contributed by atoms with Crippen molar-refractivity contribution in [3.8, 4) is 0 Å². The lowest BCUT2D eigenvalue weighted by Crippen LogP contribution is -2.30. The molecule has 1 aromatic rings. The molecule has 0 unspecified atom stereocenters. The number of primary amides is 1. The van der Waals surface area contributed by atoms with Crippen LogP contribution in [0.3, 0.4) is 0 Å². The zero-order valence-corrected chi connectivity index (χ0v) is 9.73. The Labute approximate surface area is 99.8 Å². The number of fused-ring (bicyclic) bond motifs is 1. The van der Waals surface area contributed by atoms with Gasteiger partial charge in [0.25, 0.3) is 5.91 Å². The first-order chi connectivity index (χ1) is 8.08. The standard InChI is InChI=1S/C13H15NO3/c1-8(12(14)15)17-13(16)11-6-5-9-3-2-4-10(9)7-11/h5-8H,2-4H2,1H3,(H2,14,15)/t8-/m0/s1. The highest BCUT2D eigenvalue weighted by Crippen LogP contribution is 2.23. The second-order valence-electron chi connectivity index (χ2n) is 4.29. The van der Waals surface area contributed by atoms with Crippen LogP contribution in [-0.2, 0) is 22.4 Å². The molecule has 0 heterocycles. The van der Waals surface area contributed by atoms with Crippen molar-refractivity contribution in [3.05, 3.63) is 34.9 Å². The van der Waals surface area contributed by atoms with Crippen molar-refractivity contribution >= 4 is 11.9 Å². The van der Waals surface area contributed by atoms with Crippen LogP contribution in [0.25, 0.3) is 0 Å². The Morgan fingerprint density at radius 1 is 1.29 bits per heavy atom. The summed E-state index contributed by atoms with van der Waals surface area (Å²) in [6, 6.07) is 5.53. The van der Waals surface area contributed by atoms with E-state index in [1.54, 1.807) is 6.07 Å². The molecule has 1 aromatic carbocycles. The Hall–Kier alpha value is -1.84. The fraction of sp³-hybridized carbons (Fsp3) is 0.385. The molecule has 1 aliphatic rings. The molecule has 0 aromatic heterocycles. The van der Waals surface area contributed by atoms with Crippen molar-refractivity contribution in [1.82, 2.24) is 0 Å². The molecule has 17 heavy (non-hydrogen) atoms. The van der Waals surface area contributed by atoms with Crippen LogP contribution in [0.15, 0.2) is 18.2 Å². The first-order valence-electron chi connectivity index (χ1n) is 5.70. The zero-order valence-electron chi connectivity index (χ0n) is 9.73. The van der Waals surface area contributed by atoms with Gasteiger partial charge in [0.05, 0.1) is 5.56 Å². The minimum absolute atomic E-state index is 0.485. The van der Waals surface area contributed by atoms with Crippen molar-refractivity contribution in [2.24, 2.45) is 5.73 Å². The van der Waals surface area contributed by atoms with Gasteiger partial charge in [0.1, 0.15) is 0 Å². The topological polar surface area (TPSA) is 69.4 Å². The fourth-order valence-electron chi connectivity index (χ4n) is 1.99. The summed E-state index contributed by atoms with van der Waals surface area (Å²) in [5, 5.41) is 0. The average Bonchev–Trinajstić information content (AvgIpc) is 2.75. The lowest BCUT2D eigenvalue weighted by molar-refractivity contribution is -0.125. The second kappa shape index (κ2) is 4.57. The van der Waals surface area contributed by atoms with E-state index >= 15 is 0 Å². The quantitative estimate of drug-likeness (QED) is 0.798. The van der Waals surface area contributed by atoms with Gasteiger partial charge in [-0.3, -0.25) is 4.79 Å². The number of esters is 1. The highest BCUT2D eigenvalue weighted by molar-refractivity contribution is 5.92. The Morgan fingerprint density at radius 2 is 2.00 bits per heavy atom. The number of carbonyl (C=O) groups is 2. The number of benzene rings is 1. The van der Waals surface area contributed by atoms with Gasteiger partial charge in [-0.05, 0) is 49.4 Å². The minimum atomic E-state index is -0.893. The molecule has 0 fully saturated rings. The second-order valence-corrected chi connectivity index (χ2v) is 4.29. The average molecular weight is 233 g/mol. The molecule has 0 radical (unpaired) electrons. The van der Waals surface area contributed by atoms with E-state index in [-0.39, 0.29) is 0 Å². The molecule has 2 N–H and O–H groups in total. The molecule has 1 amide bonds. The lowest BCUT2D eigenvalue weighted by atomic mass is 10.1. The van der Waals surface area contributed by atoms with Gasteiger partial charge in [0.2, 0.25) is 0 Å². The highest BCUT2D eigenvalue weighted by atomic mass is 16.5. The van der Waals surface area contributed by atoms with E-state index in [0.29, 0.717) is 5.56 Å². The Bertz CT molecular complexity index is 468. The maximum absolute atomic E-state index is 11.7. The molecular weight excluding hydrogens is 218 g/mol. The molecule has 90 valence electrons. The molecule has 2 rings (SSSR count). The number of carbonyl (C=O) groups excluding carboxylic acids is 2. The predicted octanol–water partition coefficient (Wildman–Crippen LogP) is 1.21. The molecule has 1 atom stereocenters. The largest absolute Gasteiger partial charge is 0.449 e. The van der Waals surface area contributed by atoms with Gasteiger partial charge < -0.3 is 10.5 Å². The molecule has 0 saturated heterocycles. The summed E-state index contributed by atoms with van der Waals surface area (Å²) in [5.41, 5.74) is 8.02. The van der Waals surface area contributed by atoms with Gasteiger partial charge >= 0.3 is 5.97 Å². The van der Waals surface area contributed by atoms with Crippen molar-refractivity contribution in [1.29, 1.82) is 0 Å². The summed E-state index contributed by atoms with van der Waals surface area (Å²) in [6.45, 7) is 1.47. The maximum Gasteiger partial charge on any atom is 0.338 e. The van der Waals surface area contributed by atoms with Gasteiger partial charge in [0.15, 0.2) is 6.10 Å². The third-order valence-electron chi connectivity index (χ3n) is 3.02. The molecule has 0 spiro atoms. The van der Waals surface area contributed by atoms with E-state index in [0.717, 1.165) is 19.3 Å². The Kier molecular flexibility index (Phi) is 3.13. The van der Waals surface area contributed by atoms with Gasteiger partial charge in [-0.2, -0.15) is 0 Å². The van der Waals surface area contributed by atoms with Crippen LogP contribution in [0.5, 0.6) is 0 Å². The van der Waals surface area contributed by atoms with Gasteiger partial charge in [-0.1, -0.05) is 6.07 Å². The smallest absolute Gasteiger partial charge is 0.338 e. The number of amides is 1. The van der Waals surface area contributed by atoms with Crippen LogP contribution in [0, 0.1) is 0 Å². The number of ether oxygens (including phenoxy) is 1. The third kappa shape index (κ3) is 2.46. The zero-order chi connectivity index (χ0) is 12.4. The summed E-state index contributed by atoms with van der Waals surface area (Å²) < 4.78 is 4.94. The number of rotatable bonds is 3. The van der Waals surface area contributed by atoms with Crippen molar-refractivity contribution in [2.45, 2.75) is 32.3 Å².